The normalized spacial score (nSPS) is 23.1. The minimum atomic E-state index is -1.57. The number of ketones is 1. The molecular formula is C12H10BrClO3. The van der Waals surface area contributed by atoms with Crippen molar-refractivity contribution in [3.05, 3.63) is 33.8 Å². The Morgan fingerprint density at radius 2 is 2.24 bits per heavy atom. The highest BCUT2D eigenvalue weighted by molar-refractivity contribution is 9.10. The number of methoxy groups -OCH3 is 1. The number of Topliss-reactive ketones (excluding diaryl/α,β-unsaturated/α-hetero) is 1. The number of carbonyl (C=O) groups is 2. The summed E-state index contributed by atoms with van der Waals surface area (Å²) in [4.78, 5) is 22.3. The summed E-state index contributed by atoms with van der Waals surface area (Å²) in [5.74, 6) is -1.07. The number of ether oxygens (including phenoxy) is 1. The van der Waals surface area contributed by atoms with Crippen molar-refractivity contribution >= 4 is 39.3 Å². The maximum Gasteiger partial charge on any atom is 0.335 e. The lowest BCUT2D eigenvalue weighted by atomic mass is 9.82. The number of hydrogen-bond acceptors (Lipinski definition) is 3. The van der Waals surface area contributed by atoms with Gasteiger partial charge in [-0.05, 0) is 30.5 Å². The molecule has 1 aromatic rings. The Labute approximate surface area is 112 Å². The van der Waals surface area contributed by atoms with E-state index in [4.69, 9.17) is 11.6 Å². The number of carbonyl (C=O) groups excluding carboxylic acids is 2. The molecule has 0 spiro atoms. The quantitative estimate of drug-likeness (QED) is 0.454. The molecule has 0 aromatic heterocycles. The molecule has 1 aromatic carbocycles. The van der Waals surface area contributed by atoms with E-state index in [1.54, 1.807) is 6.07 Å². The van der Waals surface area contributed by atoms with Crippen molar-refractivity contribution in [2.75, 3.05) is 7.11 Å². The van der Waals surface area contributed by atoms with E-state index in [1.807, 2.05) is 12.1 Å². The molecule has 0 aliphatic heterocycles. The standard InChI is InChI=1S/C12H10BrClO3/c1-17-11(16)12(14)5-4-7-2-3-8(13)6-9(7)10(12)15/h2-3,6H,4-5H2,1H3. The topological polar surface area (TPSA) is 43.4 Å². The molecule has 0 radical (unpaired) electrons. The molecule has 0 saturated heterocycles. The smallest absolute Gasteiger partial charge is 0.335 e. The van der Waals surface area contributed by atoms with Gasteiger partial charge in [-0.25, -0.2) is 4.79 Å². The lowest BCUT2D eigenvalue weighted by Gasteiger charge is -2.28. The lowest BCUT2D eigenvalue weighted by Crippen LogP contribution is -2.45. The molecule has 1 unspecified atom stereocenters. The third kappa shape index (κ3) is 2.00. The van der Waals surface area contributed by atoms with E-state index >= 15 is 0 Å². The third-order valence-electron chi connectivity index (χ3n) is 2.92. The van der Waals surface area contributed by atoms with Gasteiger partial charge in [0.1, 0.15) is 0 Å². The number of aryl methyl sites for hydroxylation is 1. The molecule has 0 fully saturated rings. The highest BCUT2D eigenvalue weighted by Gasteiger charge is 2.48. The summed E-state index contributed by atoms with van der Waals surface area (Å²) in [6.07, 6.45) is 0.863. The van der Waals surface area contributed by atoms with Crippen LogP contribution in [0.25, 0.3) is 0 Å². The van der Waals surface area contributed by atoms with Gasteiger partial charge < -0.3 is 4.74 Å². The summed E-state index contributed by atoms with van der Waals surface area (Å²) in [6, 6.07) is 5.42. The van der Waals surface area contributed by atoms with E-state index in [-0.39, 0.29) is 12.2 Å². The first-order valence-electron chi connectivity index (χ1n) is 5.09. The molecule has 0 saturated carbocycles. The summed E-state index contributed by atoms with van der Waals surface area (Å²) < 4.78 is 5.39. The Hall–Kier alpha value is -0.870. The van der Waals surface area contributed by atoms with Crippen LogP contribution in [0.4, 0.5) is 0 Å². The average molecular weight is 318 g/mol. The molecule has 5 heteroatoms. The van der Waals surface area contributed by atoms with E-state index in [9.17, 15) is 9.59 Å². The summed E-state index contributed by atoms with van der Waals surface area (Å²) in [6.45, 7) is 0. The Morgan fingerprint density at radius 1 is 1.53 bits per heavy atom. The zero-order valence-corrected chi connectivity index (χ0v) is 11.5. The van der Waals surface area contributed by atoms with Gasteiger partial charge in [-0.15, -0.1) is 0 Å². The molecule has 3 nitrogen and oxygen atoms in total. The molecular weight excluding hydrogens is 307 g/mol. The fraction of sp³-hybridized carbons (Fsp3) is 0.333. The Balaban J connectivity index is 2.48. The third-order valence-corrected chi connectivity index (χ3v) is 3.93. The molecule has 17 heavy (non-hydrogen) atoms. The van der Waals surface area contributed by atoms with Crippen LogP contribution < -0.4 is 0 Å². The SMILES string of the molecule is COC(=O)C1(Cl)CCc2ccc(Br)cc2C1=O. The van der Waals surface area contributed by atoms with Crippen molar-refractivity contribution in [1.29, 1.82) is 0 Å². The first-order valence-corrected chi connectivity index (χ1v) is 6.26. The lowest BCUT2D eigenvalue weighted by molar-refractivity contribution is -0.142. The van der Waals surface area contributed by atoms with E-state index in [0.717, 1.165) is 10.0 Å². The minimum absolute atomic E-state index is 0.273. The van der Waals surface area contributed by atoms with Crippen LogP contribution in [0.2, 0.25) is 0 Å². The summed E-state index contributed by atoms with van der Waals surface area (Å²) in [5.41, 5.74) is 1.41. The number of fused-ring (bicyclic) bond motifs is 1. The Morgan fingerprint density at radius 3 is 2.88 bits per heavy atom. The molecule has 0 amide bonds. The molecule has 0 heterocycles. The van der Waals surface area contributed by atoms with Crippen LogP contribution in [-0.4, -0.2) is 23.7 Å². The second-order valence-electron chi connectivity index (χ2n) is 3.92. The van der Waals surface area contributed by atoms with Crippen LogP contribution in [0, 0.1) is 0 Å². The van der Waals surface area contributed by atoms with Crippen molar-refractivity contribution < 1.29 is 14.3 Å². The van der Waals surface area contributed by atoms with Crippen molar-refractivity contribution in [1.82, 2.24) is 0 Å². The van der Waals surface area contributed by atoms with Gasteiger partial charge in [0.2, 0.25) is 4.87 Å². The van der Waals surface area contributed by atoms with E-state index in [1.165, 1.54) is 7.11 Å². The molecule has 1 atom stereocenters. The molecule has 1 aliphatic carbocycles. The van der Waals surface area contributed by atoms with E-state index < -0.39 is 10.8 Å². The van der Waals surface area contributed by atoms with Gasteiger partial charge in [0.15, 0.2) is 5.78 Å². The maximum absolute atomic E-state index is 12.2. The van der Waals surface area contributed by atoms with Crippen LogP contribution >= 0.6 is 27.5 Å². The first kappa shape index (κ1) is 12.6. The number of alkyl halides is 1. The van der Waals surface area contributed by atoms with Crippen LogP contribution in [0.15, 0.2) is 22.7 Å². The van der Waals surface area contributed by atoms with Crippen molar-refractivity contribution in [3.63, 3.8) is 0 Å². The van der Waals surface area contributed by atoms with Crippen molar-refractivity contribution in [2.24, 2.45) is 0 Å². The second-order valence-corrected chi connectivity index (χ2v) is 5.48. The highest BCUT2D eigenvalue weighted by atomic mass is 79.9. The summed E-state index contributed by atoms with van der Waals surface area (Å²) in [5, 5.41) is 0. The largest absolute Gasteiger partial charge is 0.467 e. The summed E-state index contributed by atoms with van der Waals surface area (Å²) in [7, 11) is 1.23. The minimum Gasteiger partial charge on any atom is -0.467 e. The monoisotopic (exact) mass is 316 g/mol. The Kier molecular flexibility index (Phi) is 3.27. The van der Waals surface area contributed by atoms with Crippen LogP contribution in [-0.2, 0) is 16.0 Å². The highest BCUT2D eigenvalue weighted by Crippen LogP contribution is 2.35. The number of esters is 1. The van der Waals surface area contributed by atoms with Gasteiger partial charge in [0, 0.05) is 10.0 Å². The number of hydrogen-bond donors (Lipinski definition) is 0. The second kappa shape index (κ2) is 4.42. The predicted molar refractivity (Wildman–Crippen MR) is 67.4 cm³/mol. The average Bonchev–Trinajstić information content (AvgIpc) is 2.33. The van der Waals surface area contributed by atoms with Crippen LogP contribution in [0.1, 0.15) is 22.3 Å². The van der Waals surface area contributed by atoms with Gasteiger partial charge >= 0.3 is 5.97 Å². The zero-order valence-electron chi connectivity index (χ0n) is 9.13. The van der Waals surface area contributed by atoms with Crippen LogP contribution in [0.5, 0.6) is 0 Å². The van der Waals surface area contributed by atoms with Crippen LogP contribution in [0.3, 0.4) is 0 Å². The fourth-order valence-electron chi connectivity index (χ4n) is 1.97. The fourth-order valence-corrected chi connectivity index (χ4v) is 2.60. The molecule has 90 valence electrons. The first-order chi connectivity index (χ1) is 7.99. The predicted octanol–water partition coefficient (Wildman–Crippen LogP) is 2.73. The van der Waals surface area contributed by atoms with Gasteiger partial charge in [-0.2, -0.15) is 0 Å². The number of rotatable bonds is 1. The van der Waals surface area contributed by atoms with E-state index in [2.05, 4.69) is 20.7 Å². The van der Waals surface area contributed by atoms with E-state index in [0.29, 0.717) is 12.0 Å². The molecule has 0 bridgehead atoms. The van der Waals surface area contributed by atoms with Gasteiger partial charge in [-0.3, -0.25) is 4.79 Å². The van der Waals surface area contributed by atoms with Gasteiger partial charge in [0.05, 0.1) is 7.11 Å². The van der Waals surface area contributed by atoms with Crippen molar-refractivity contribution in [2.45, 2.75) is 17.7 Å². The molecule has 2 rings (SSSR count). The number of benzene rings is 1. The summed E-state index contributed by atoms with van der Waals surface area (Å²) >= 11 is 9.41. The number of halogens is 2. The maximum atomic E-state index is 12.2. The zero-order chi connectivity index (χ0) is 12.6. The molecule has 0 N–H and O–H groups in total. The molecule has 1 aliphatic rings. The van der Waals surface area contributed by atoms with Crippen molar-refractivity contribution in [3.8, 4) is 0 Å². The van der Waals surface area contributed by atoms with Gasteiger partial charge in [-0.1, -0.05) is 33.6 Å². The van der Waals surface area contributed by atoms with Gasteiger partial charge in [0.25, 0.3) is 0 Å². The Bertz CT molecular complexity index is 501.